The molecule has 0 amide bonds. The molecule has 0 saturated carbocycles. The first kappa shape index (κ1) is 12.4. The highest BCUT2D eigenvalue weighted by molar-refractivity contribution is 5.65. The molecule has 1 N–H and O–H groups in total. The molecule has 0 unspecified atom stereocenters. The van der Waals surface area contributed by atoms with Gasteiger partial charge in [0.1, 0.15) is 6.20 Å². The number of para-hydroxylation sites is 1. The van der Waals surface area contributed by atoms with Crippen LogP contribution in [0.3, 0.4) is 0 Å². The van der Waals surface area contributed by atoms with Crippen molar-refractivity contribution in [1.82, 2.24) is 4.98 Å². The summed E-state index contributed by atoms with van der Waals surface area (Å²) in [5.41, 5.74) is 1.95. The van der Waals surface area contributed by atoms with Gasteiger partial charge in [0.2, 0.25) is 5.75 Å². The van der Waals surface area contributed by atoms with Gasteiger partial charge in [-0.15, -0.1) is 0 Å². The number of nitrogens with zero attached hydrogens (tertiary/aromatic N) is 2. The van der Waals surface area contributed by atoms with Crippen LogP contribution in [0.15, 0.2) is 36.7 Å². The van der Waals surface area contributed by atoms with Crippen LogP contribution in [-0.4, -0.2) is 16.5 Å². The Bertz CT molecular complexity index is 658. The van der Waals surface area contributed by atoms with Crippen LogP contribution >= 0.6 is 0 Å². The van der Waals surface area contributed by atoms with Gasteiger partial charge in [-0.2, -0.15) is 0 Å². The van der Waals surface area contributed by atoms with Crippen LogP contribution in [0, 0.1) is 10.1 Å². The van der Waals surface area contributed by atoms with Gasteiger partial charge in [-0.1, -0.05) is 12.1 Å². The SMILES string of the molecule is O=[N+]([O-])c1cnccc1Oc1cccc2c1NCCC2. The van der Waals surface area contributed by atoms with Crippen LogP contribution in [0.1, 0.15) is 12.0 Å². The van der Waals surface area contributed by atoms with E-state index >= 15 is 0 Å². The number of aromatic nitrogens is 1. The standard InChI is InChI=1S/C14H13N3O3/c18-17(19)11-9-15-8-6-12(11)20-13-5-1-3-10-4-2-7-16-14(10)13/h1,3,5-6,8-9,16H,2,4,7H2. The van der Waals surface area contributed by atoms with Gasteiger partial charge in [0, 0.05) is 18.8 Å². The molecular weight excluding hydrogens is 258 g/mol. The predicted octanol–water partition coefficient (Wildman–Crippen LogP) is 3.14. The molecule has 102 valence electrons. The quantitative estimate of drug-likeness (QED) is 0.685. The van der Waals surface area contributed by atoms with Gasteiger partial charge in [0.05, 0.1) is 10.6 Å². The van der Waals surface area contributed by atoms with Crippen molar-refractivity contribution in [3.05, 3.63) is 52.3 Å². The van der Waals surface area contributed by atoms with E-state index in [9.17, 15) is 10.1 Å². The minimum absolute atomic E-state index is 0.138. The molecule has 1 aliphatic rings. The summed E-state index contributed by atoms with van der Waals surface area (Å²) in [6.07, 6.45) is 4.73. The first-order chi connectivity index (χ1) is 9.75. The average Bonchev–Trinajstić information content (AvgIpc) is 2.48. The number of aryl methyl sites for hydroxylation is 1. The largest absolute Gasteiger partial charge is 0.448 e. The van der Waals surface area contributed by atoms with Gasteiger partial charge in [-0.05, 0) is 24.5 Å². The maximum absolute atomic E-state index is 11.0. The predicted molar refractivity (Wildman–Crippen MR) is 74.2 cm³/mol. The first-order valence-corrected chi connectivity index (χ1v) is 6.38. The summed E-state index contributed by atoms with van der Waals surface area (Å²) in [5.74, 6) is 0.808. The van der Waals surface area contributed by atoms with E-state index in [0.717, 1.165) is 25.1 Å². The fraction of sp³-hybridized carbons (Fsp3) is 0.214. The molecule has 2 aromatic rings. The number of nitrogens with one attached hydrogen (secondary N) is 1. The number of hydrogen-bond donors (Lipinski definition) is 1. The molecule has 6 nitrogen and oxygen atoms in total. The number of benzene rings is 1. The Morgan fingerprint density at radius 1 is 1.30 bits per heavy atom. The van der Waals surface area contributed by atoms with E-state index in [-0.39, 0.29) is 11.4 Å². The Kier molecular flexibility index (Phi) is 3.20. The Hall–Kier alpha value is -2.63. The van der Waals surface area contributed by atoms with Crippen molar-refractivity contribution in [2.24, 2.45) is 0 Å². The van der Waals surface area contributed by atoms with Gasteiger partial charge in [0.25, 0.3) is 0 Å². The van der Waals surface area contributed by atoms with Crippen LogP contribution in [0.4, 0.5) is 11.4 Å². The lowest BCUT2D eigenvalue weighted by Gasteiger charge is -2.20. The molecule has 0 radical (unpaired) electrons. The van der Waals surface area contributed by atoms with Crippen molar-refractivity contribution in [2.45, 2.75) is 12.8 Å². The molecule has 0 fully saturated rings. The lowest BCUT2D eigenvalue weighted by molar-refractivity contribution is -0.386. The van der Waals surface area contributed by atoms with E-state index in [1.54, 1.807) is 6.07 Å². The van der Waals surface area contributed by atoms with Gasteiger partial charge in [0.15, 0.2) is 5.75 Å². The number of hydrogen-bond acceptors (Lipinski definition) is 5. The van der Waals surface area contributed by atoms with Gasteiger partial charge in [-0.3, -0.25) is 15.1 Å². The molecule has 1 aromatic carbocycles. The number of rotatable bonds is 3. The van der Waals surface area contributed by atoms with Crippen LogP contribution in [0.25, 0.3) is 0 Å². The molecule has 0 bridgehead atoms. The second-order valence-corrected chi connectivity index (χ2v) is 4.52. The number of pyridine rings is 1. The zero-order valence-electron chi connectivity index (χ0n) is 10.7. The lowest BCUT2D eigenvalue weighted by Crippen LogP contribution is -2.12. The molecule has 0 aliphatic carbocycles. The molecule has 1 aliphatic heterocycles. The van der Waals surface area contributed by atoms with Crippen LogP contribution < -0.4 is 10.1 Å². The maximum atomic E-state index is 11.0. The van der Waals surface area contributed by atoms with Crippen LogP contribution in [0.5, 0.6) is 11.5 Å². The van der Waals surface area contributed by atoms with Crippen molar-refractivity contribution in [3.8, 4) is 11.5 Å². The normalized spacial score (nSPS) is 13.2. The monoisotopic (exact) mass is 271 g/mol. The number of ether oxygens (including phenoxy) is 1. The summed E-state index contributed by atoms with van der Waals surface area (Å²) in [6, 6.07) is 7.24. The highest BCUT2D eigenvalue weighted by Gasteiger charge is 2.19. The summed E-state index contributed by atoms with van der Waals surface area (Å²) in [6.45, 7) is 0.881. The van der Waals surface area contributed by atoms with Gasteiger partial charge < -0.3 is 10.1 Å². The summed E-state index contributed by atoms with van der Waals surface area (Å²) < 4.78 is 5.73. The zero-order valence-corrected chi connectivity index (χ0v) is 10.7. The smallest absolute Gasteiger partial charge is 0.329 e. The first-order valence-electron chi connectivity index (χ1n) is 6.38. The summed E-state index contributed by atoms with van der Waals surface area (Å²) in [7, 11) is 0. The third kappa shape index (κ3) is 2.27. The minimum atomic E-state index is -0.495. The molecule has 2 heterocycles. The number of anilines is 1. The molecule has 1 aromatic heterocycles. The Morgan fingerprint density at radius 3 is 3.05 bits per heavy atom. The van der Waals surface area contributed by atoms with Crippen molar-refractivity contribution in [3.63, 3.8) is 0 Å². The fourth-order valence-electron chi connectivity index (χ4n) is 2.28. The van der Waals surface area contributed by atoms with Gasteiger partial charge >= 0.3 is 5.69 Å². The number of nitro groups is 1. The second-order valence-electron chi connectivity index (χ2n) is 4.52. The molecule has 20 heavy (non-hydrogen) atoms. The highest BCUT2D eigenvalue weighted by Crippen LogP contribution is 2.37. The lowest BCUT2D eigenvalue weighted by atomic mass is 10.0. The van der Waals surface area contributed by atoms with Crippen LogP contribution in [0.2, 0.25) is 0 Å². The minimum Gasteiger partial charge on any atom is -0.448 e. The van der Waals surface area contributed by atoms with E-state index in [0.29, 0.717) is 5.75 Å². The summed E-state index contributed by atoms with van der Waals surface area (Å²) in [4.78, 5) is 14.2. The zero-order chi connectivity index (χ0) is 13.9. The van der Waals surface area contributed by atoms with E-state index in [2.05, 4.69) is 10.3 Å². The third-order valence-electron chi connectivity index (χ3n) is 3.22. The van der Waals surface area contributed by atoms with Crippen molar-refractivity contribution in [2.75, 3.05) is 11.9 Å². The van der Waals surface area contributed by atoms with E-state index < -0.39 is 4.92 Å². The maximum Gasteiger partial charge on any atom is 0.329 e. The molecule has 6 heteroatoms. The average molecular weight is 271 g/mol. The topological polar surface area (TPSA) is 77.3 Å². The van der Waals surface area contributed by atoms with Crippen molar-refractivity contribution < 1.29 is 9.66 Å². The molecular formula is C14H13N3O3. The fourth-order valence-corrected chi connectivity index (χ4v) is 2.28. The molecule has 0 spiro atoms. The second kappa shape index (κ2) is 5.16. The Morgan fingerprint density at radius 2 is 2.20 bits per heavy atom. The molecule has 3 rings (SSSR count). The van der Waals surface area contributed by atoms with Gasteiger partial charge in [-0.25, -0.2) is 0 Å². The summed E-state index contributed by atoms with van der Waals surface area (Å²) >= 11 is 0. The Balaban J connectivity index is 1.98. The van der Waals surface area contributed by atoms with E-state index in [1.807, 2.05) is 12.1 Å². The highest BCUT2D eigenvalue weighted by atomic mass is 16.6. The van der Waals surface area contributed by atoms with E-state index in [4.69, 9.17) is 4.74 Å². The summed E-state index contributed by atoms with van der Waals surface area (Å²) in [5, 5.41) is 14.3. The Labute approximate surface area is 115 Å². The van der Waals surface area contributed by atoms with Crippen LogP contribution in [-0.2, 0) is 6.42 Å². The van der Waals surface area contributed by atoms with Crippen molar-refractivity contribution >= 4 is 11.4 Å². The van der Waals surface area contributed by atoms with E-state index in [1.165, 1.54) is 24.0 Å². The third-order valence-corrected chi connectivity index (χ3v) is 3.22. The van der Waals surface area contributed by atoms with Crippen molar-refractivity contribution in [1.29, 1.82) is 0 Å². The number of fused-ring (bicyclic) bond motifs is 1. The molecule has 0 atom stereocenters. The molecule has 0 saturated heterocycles.